The first-order valence-corrected chi connectivity index (χ1v) is 10.1. The topological polar surface area (TPSA) is 61.1 Å². The van der Waals surface area contributed by atoms with Crippen LogP contribution in [0, 0.1) is 17.2 Å². The van der Waals surface area contributed by atoms with Gasteiger partial charge in [-0.15, -0.1) is 11.3 Å². The Labute approximate surface area is 158 Å². The second kappa shape index (κ2) is 6.90. The van der Waals surface area contributed by atoms with Crippen molar-refractivity contribution in [1.82, 2.24) is 9.47 Å². The number of fused-ring (bicyclic) bond motifs is 2. The van der Waals surface area contributed by atoms with Crippen molar-refractivity contribution < 1.29 is 4.79 Å². The normalized spacial score (nSPS) is 22.3. The van der Waals surface area contributed by atoms with Crippen molar-refractivity contribution in [3.05, 3.63) is 40.0 Å². The van der Waals surface area contributed by atoms with Gasteiger partial charge in [0, 0.05) is 35.9 Å². The molecule has 2 aliphatic rings. The zero-order chi connectivity index (χ0) is 18.3. The van der Waals surface area contributed by atoms with Crippen LogP contribution in [0.3, 0.4) is 0 Å². The van der Waals surface area contributed by atoms with Gasteiger partial charge in [-0.1, -0.05) is 6.92 Å². The number of rotatable bonds is 3. The highest BCUT2D eigenvalue weighted by atomic mass is 32.1. The molecule has 6 heteroatoms. The minimum atomic E-state index is -0.0278. The number of nitrogens with one attached hydrogen (secondary N) is 1. The third-order valence-electron chi connectivity index (χ3n) is 5.69. The van der Waals surface area contributed by atoms with Gasteiger partial charge in [-0.25, -0.2) is 0 Å². The van der Waals surface area contributed by atoms with Crippen LogP contribution in [0.5, 0.6) is 0 Å². The van der Waals surface area contributed by atoms with E-state index in [1.54, 1.807) is 11.3 Å². The van der Waals surface area contributed by atoms with Gasteiger partial charge in [0.25, 0.3) is 0 Å². The minimum absolute atomic E-state index is 0.0278. The molecule has 2 atom stereocenters. The van der Waals surface area contributed by atoms with Crippen LogP contribution in [-0.4, -0.2) is 28.5 Å². The van der Waals surface area contributed by atoms with Crippen LogP contribution in [0.4, 0.5) is 5.00 Å². The summed E-state index contributed by atoms with van der Waals surface area (Å²) < 4.78 is 2.25. The largest absolute Gasteiger partial charge is 0.349 e. The van der Waals surface area contributed by atoms with Crippen molar-refractivity contribution in [3.63, 3.8) is 0 Å². The molecule has 0 spiro atoms. The van der Waals surface area contributed by atoms with Crippen molar-refractivity contribution in [1.29, 1.82) is 5.26 Å². The Kier molecular flexibility index (Phi) is 4.60. The van der Waals surface area contributed by atoms with Gasteiger partial charge in [0.1, 0.15) is 11.1 Å². The summed E-state index contributed by atoms with van der Waals surface area (Å²) in [5.41, 5.74) is 3.10. The number of hydrogen-bond donors (Lipinski definition) is 1. The number of nitrogens with zero attached hydrogens (tertiary/aromatic N) is 3. The number of aromatic nitrogens is 1. The highest BCUT2D eigenvalue weighted by Gasteiger charge is 2.27. The summed E-state index contributed by atoms with van der Waals surface area (Å²) in [6.45, 7) is 6.52. The van der Waals surface area contributed by atoms with Gasteiger partial charge >= 0.3 is 0 Å². The van der Waals surface area contributed by atoms with Crippen LogP contribution in [0.15, 0.2) is 18.3 Å². The van der Waals surface area contributed by atoms with Gasteiger partial charge < -0.3 is 9.88 Å². The van der Waals surface area contributed by atoms with E-state index in [2.05, 4.69) is 53.0 Å². The van der Waals surface area contributed by atoms with E-state index in [-0.39, 0.29) is 11.9 Å². The predicted octanol–water partition coefficient (Wildman–Crippen LogP) is 3.56. The van der Waals surface area contributed by atoms with Gasteiger partial charge in [0.15, 0.2) is 0 Å². The number of anilines is 1. The number of hydrogen-bond acceptors (Lipinski definition) is 4. The van der Waals surface area contributed by atoms with Gasteiger partial charge in [-0.2, -0.15) is 5.26 Å². The lowest BCUT2D eigenvalue weighted by atomic mass is 9.89. The zero-order valence-corrected chi connectivity index (χ0v) is 16.1. The highest BCUT2D eigenvalue weighted by Crippen LogP contribution is 2.39. The molecule has 1 amide bonds. The van der Waals surface area contributed by atoms with Crippen molar-refractivity contribution in [3.8, 4) is 6.07 Å². The number of amides is 1. The molecule has 136 valence electrons. The molecular formula is C20H24N4OS. The van der Waals surface area contributed by atoms with Crippen molar-refractivity contribution in [2.24, 2.45) is 5.92 Å². The molecule has 1 N–H and O–H groups in total. The van der Waals surface area contributed by atoms with Crippen LogP contribution in [0.25, 0.3) is 0 Å². The summed E-state index contributed by atoms with van der Waals surface area (Å²) in [7, 11) is 0. The quantitative estimate of drug-likeness (QED) is 0.901. The first-order chi connectivity index (χ1) is 12.6. The van der Waals surface area contributed by atoms with Gasteiger partial charge in [0.05, 0.1) is 12.1 Å². The molecule has 0 saturated carbocycles. The first kappa shape index (κ1) is 17.3. The fraction of sp³-hybridized carbons (Fsp3) is 0.500. The highest BCUT2D eigenvalue weighted by molar-refractivity contribution is 7.16. The maximum Gasteiger partial charge on any atom is 0.239 e. The lowest BCUT2D eigenvalue weighted by Crippen LogP contribution is -2.41. The van der Waals surface area contributed by atoms with Crippen LogP contribution in [0.2, 0.25) is 0 Å². The van der Waals surface area contributed by atoms with Crippen LogP contribution in [-0.2, 0) is 24.2 Å². The Bertz CT molecular complexity index is 875. The molecule has 0 bridgehead atoms. The molecule has 0 saturated heterocycles. The Morgan fingerprint density at radius 3 is 3.08 bits per heavy atom. The zero-order valence-electron chi connectivity index (χ0n) is 15.3. The number of nitriles is 1. The summed E-state index contributed by atoms with van der Waals surface area (Å²) in [4.78, 5) is 16.1. The van der Waals surface area contributed by atoms with Crippen molar-refractivity contribution >= 4 is 22.2 Å². The van der Waals surface area contributed by atoms with Crippen LogP contribution in [0.1, 0.15) is 48.0 Å². The molecule has 2 aromatic rings. The van der Waals surface area contributed by atoms with Gasteiger partial charge in [0.2, 0.25) is 5.91 Å². The number of carbonyl (C=O) groups is 1. The fourth-order valence-corrected chi connectivity index (χ4v) is 5.53. The number of thiophene rings is 1. The number of carbonyl (C=O) groups excluding carboxylic acids is 1. The molecule has 0 unspecified atom stereocenters. The molecule has 0 fully saturated rings. The Hall–Kier alpha value is -2.10. The van der Waals surface area contributed by atoms with E-state index in [1.807, 2.05) is 0 Å². The smallest absolute Gasteiger partial charge is 0.239 e. The third-order valence-corrected chi connectivity index (χ3v) is 6.86. The third kappa shape index (κ3) is 3.06. The van der Waals surface area contributed by atoms with Crippen molar-refractivity contribution in [2.45, 2.75) is 45.7 Å². The van der Waals surface area contributed by atoms with E-state index in [0.717, 1.165) is 42.9 Å². The predicted molar refractivity (Wildman–Crippen MR) is 103 cm³/mol. The van der Waals surface area contributed by atoms with E-state index in [1.165, 1.54) is 10.6 Å². The SMILES string of the molecule is C[C@H]1CCc2c(sc(NC(=O)CN3CCn4cccc4[C@@H]3C)c2C#N)C1. The molecule has 1 aliphatic carbocycles. The monoisotopic (exact) mass is 368 g/mol. The van der Waals surface area contributed by atoms with Crippen LogP contribution < -0.4 is 5.32 Å². The summed E-state index contributed by atoms with van der Waals surface area (Å²) in [6.07, 6.45) is 5.19. The summed E-state index contributed by atoms with van der Waals surface area (Å²) in [5, 5.41) is 13.4. The van der Waals surface area contributed by atoms with Gasteiger partial charge in [-0.3, -0.25) is 9.69 Å². The first-order valence-electron chi connectivity index (χ1n) is 9.30. The molecular weight excluding hydrogens is 344 g/mol. The molecule has 3 heterocycles. The molecule has 0 radical (unpaired) electrons. The molecule has 0 aromatic carbocycles. The summed E-state index contributed by atoms with van der Waals surface area (Å²) in [5.74, 6) is 0.627. The van der Waals surface area contributed by atoms with E-state index < -0.39 is 0 Å². The Morgan fingerprint density at radius 1 is 1.42 bits per heavy atom. The molecule has 4 rings (SSSR count). The van der Waals surface area contributed by atoms with E-state index in [9.17, 15) is 10.1 Å². The Morgan fingerprint density at radius 2 is 2.27 bits per heavy atom. The Balaban J connectivity index is 1.47. The minimum Gasteiger partial charge on any atom is -0.349 e. The molecule has 2 aromatic heterocycles. The molecule has 1 aliphatic heterocycles. The van der Waals surface area contributed by atoms with Crippen LogP contribution >= 0.6 is 11.3 Å². The second-order valence-corrected chi connectivity index (χ2v) is 8.59. The lowest BCUT2D eigenvalue weighted by molar-refractivity contribution is -0.118. The molecule has 5 nitrogen and oxygen atoms in total. The maximum absolute atomic E-state index is 12.7. The maximum atomic E-state index is 12.7. The van der Waals surface area contributed by atoms with Crippen molar-refractivity contribution in [2.75, 3.05) is 18.4 Å². The second-order valence-electron chi connectivity index (χ2n) is 7.49. The average molecular weight is 369 g/mol. The summed E-state index contributed by atoms with van der Waals surface area (Å²) >= 11 is 1.59. The van der Waals surface area contributed by atoms with E-state index in [4.69, 9.17) is 0 Å². The molecule has 26 heavy (non-hydrogen) atoms. The average Bonchev–Trinajstić information content (AvgIpc) is 3.21. The van der Waals surface area contributed by atoms with E-state index in [0.29, 0.717) is 18.0 Å². The van der Waals surface area contributed by atoms with Gasteiger partial charge in [-0.05, 0) is 49.8 Å². The summed E-state index contributed by atoms with van der Waals surface area (Å²) in [6, 6.07) is 6.73. The standard InChI is InChI=1S/C20H24N4OS/c1-13-5-6-15-16(11-21)20(26-18(15)10-13)22-19(25)12-24-9-8-23-7-3-4-17(23)14(24)2/h3-4,7,13-14H,5-6,8-10,12H2,1-2H3,(H,22,25)/t13-,14-/m0/s1. The fourth-order valence-electron chi connectivity index (χ4n) is 4.15. The lowest BCUT2D eigenvalue weighted by Gasteiger charge is -2.34. The van der Waals surface area contributed by atoms with E-state index >= 15 is 0 Å².